The van der Waals surface area contributed by atoms with Gasteiger partial charge in [-0.2, -0.15) is 0 Å². The van der Waals surface area contributed by atoms with Gasteiger partial charge in [0.2, 0.25) is 6.54 Å². The standard InChI is InChI=1S/C32H56N2O4/c1-2-3-4-5-6-7-8-9-10-11-12-13-14-15-16-17-18-19-20-23-32(37)38-29-28-33-24-21-22-25-34(27-26-33)30-31(35)36/h25H,2-20,22-23,26-30H2,1H3/p+1. The van der Waals surface area contributed by atoms with E-state index in [1.165, 1.54) is 109 Å². The van der Waals surface area contributed by atoms with E-state index in [0.717, 1.165) is 12.8 Å². The molecule has 0 atom stereocenters. The molecule has 0 unspecified atom stereocenters. The maximum Gasteiger partial charge on any atom is 0.369 e. The molecule has 0 fully saturated rings. The number of hydrogen-bond acceptors (Lipinski definition) is 4. The van der Waals surface area contributed by atoms with Gasteiger partial charge < -0.3 is 14.7 Å². The van der Waals surface area contributed by atoms with Gasteiger partial charge in [0, 0.05) is 12.5 Å². The zero-order valence-corrected chi connectivity index (χ0v) is 24.5. The average molecular weight is 534 g/mol. The van der Waals surface area contributed by atoms with Crippen LogP contribution in [0.2, 0.25) is 0 Å². The van der Waals surface area contributed by atoms with Crippen LogP contribution >= 0.6 is 0 Å². The minimum atomic E-state index is -0.843. The van der Waals surface area contributed by atoms with Gasteiger partial charge in [-0.15, -0.1) is 0 Å². The number of nitrogens with zero attached hydrogens (tertiary/aromatic N) is 2. The number of carbonyl (C=O) groups is 2. The van der Waals surface area contributed by atoms with E-state index < -0.39 is 5.97 Å². The average Bonchev–Trinajstić information content (AvgIpc) is 2.88. The van der Waals surface area contributed by atoms with Crippen molar-refractivity contribution in [2.45, 2.75) is 142 Å². The molecular weight excluding hydrogens is 476 g/mol. The number of ether oxygens (including phenoxy) is 1. The van der Waals surface area contributed by atoms with Crippen molar-refractivity contribution in [3.63, 3.8) is 0 Å². The fourth-order valence-electron chi connectivity index (χ4n) is 4.90. The Morgan fingerprint density at radius 1 is 0.816 bits per heavy atom. The van der Waals surface area contributed by atoms with E-state index in [1.807, 2.05) is 11.1 Å². The highest BCUT2D eigenvalue weighted by Crippen LogP contribution is 2.15. The molecule has 38 heavy (non-hydrogen) atoms. The molecule has 0 aromatic rings. The lowest BCUT2D eigenvalue weighted by Gasteiger charge is -2.17. The van der Waals surface area contributed by atoms with Crippen molar-refractivity contribution in [3.05, 3.63) is 0 Å². The largest absolute Gasteiger partial charge is 0.477 e. The highest BCUT2D eigenvalue weighted by atomic mass is 16.5. The number of carbonyl (C=O) groups excluding carboxylic acids is 1. The second-order valence-electron chi connectivity index (χ2n) is 10.9. The fourth-order valence-corrected chi connectivity index (χ4v) is 4.90. The Morgan fingerprint density at radius 2 is 1.32 bits per heavy atom. The summed E-state index contributed by atoms with van der Waals surface area (Å²) in [5, 5.41) is 8.95. The monoisotopic (exact) mass is 533 g/mol. The first-order valence-corrected chi connectivity index (χ1v) is 15.8. The lowest BCUT2D eigenvalue weighted by molar-refractivity contribution is -0.514. The van der Waals surface area contributed by atoms with Crippen molar-refractivity contribution >= 4 is 18.2 Å². The van der Waals surface area contributed by atoms with Crippen molar-refractivity contribution in [3.8, 4) is 12.0 Å². The second-order valence-corrected chi connectivity index (χ2v) is 10.9. The minimum Gasteiger partial charge on any atom is -0.477 e. The summed E-state index contributed by atoms with van der Waals surface area (Å²) in [5.74, 6) is 2.04. The van der Waals surface area contributed by atoms with Crippen LogP contribution in [0.4, 0.5) is 0 Å². The first-order valence-electron chi connectivity index (χ1n) is 15.8. The summed E-state index contributed by atoms with van der Waals surface area (Å²) >= 11 is 0. The number of hydrogen-bond donors (Lipinski definition) is 1. The Morgan fingerprint density at radius 3 is 1.82 bits per heavy atom. The van der Waals surface area contributed by atoms with Crippen LogP contribution in [0.3, 0.4) is 0 Å². The van der Waals surface area contributed by atoms with E-state index in [4.69, 9.17) is 9.84 Å². The molecule has 0 aromatic heterocycles. The number of aliphatic carboxylic acids is 1. The van der Waals surface area contributed by atoms with Gasteiger partial charge in [-0.3, -0.25) is 4.79 Å². The van der Waals surface area contributed by atoms with Gasteiger partial charge in [0.15, 0.2) is 12.8 Å². The van der Waals surface area contributed by atoms with Crippen molar-refractivity contribution < 1.29 is 24.0 Å². The van der Waals surface area contributed by atoms with Gasteiger partial charge in [0.25, 0.3) is 0 Å². The molecule has 218 valence electrons. The van der Waals surface area contributed by atoms with E-state index >= 15 is 0 Å². The van der Waals surface area contributed by atoms with Gasteiger partial charge in [-0.25, -0.2) is 9.37 Å². The molecule has 1 aliphatic heterocycles. The molecular formula is C32H57N2O4+. The van der Waals surface area contributed by atoms with E-state index in [2.05, 4.69) is 18.9 Å². The molecule has 0 aromatic carbocycles. The lowest BCUT2D eigenvalue weighted by Crippen LogP contribution is -2.34. The Kier molecular flexibility index (Phi) is 22.6. The molecule has 0 saturated heterocycles. The van der Waals surface area contributed by atoms with E-state index in [0.29, 0.717) is 39.1 Å². The maximum absolute atomic E-state index is 12.0. The number of rotatable bonds is 25. The van der Waals surface area contributed by atoms with Gasteiger partial charge in [-0.05, 0) is 6.42 Å². The van der Waals surface area contributed by atoms with E-state index in [-0.39, 0.29) is 12.5 Å². The van der Waals surface area contributed by atoms with Crippen molar-refractivity contribution in [1.29, 1.82) is 0 Å². The predicted octanol–water partition coefficient (Wildman–Crippen LogP) is 7.19. The summed E-state index contributed by atoms with van der Waals surface area (Å²) in [5.41, 5.74) is 0. The molecule has 0 saturated carbocycles. The van der Waals surface area contributed by atoms with Gasteiger partial charge in [0.1, 0.15) is 6.61 Å². The van der Waals surface area contributed by atoms with Crippen LogP contribution in [0.15, 0.2) is 0 Å². The van der Waals surface area contributed by atoms with Crippen LogP contribution < -0.4 is 0 Å². The number of esters is 1. The molecule has 1 rings (SSSR count). The highest BCUT2D eigenvalue weighted by molar-refractivity contribution is 5.69. The van der Waals surface area contributed by atoms with Gasteiger partial charge in [0.05, 0.1) is 19.5 Å². The topological polar surface area (TPSA) is 69.8 Å². The Hall–Kier alpha value is -2.03. The molecule has 1 aliphatic rings. The number of carboxylic acid groups (broad SMARTS) is 1. The molecule has 1 N–H and O–H groups in total. The van der Waals surface area contributed by atoms with Crippen LogP contribution in [-0.2, 0) is 14.3 Å². The molecule has 0 aliphatic carbocycles. The first-order chi connectivity index (χ1) is 18.6. The number of unbranched alkanes of at least 4 members (excludes halogenated alkanes) is 18. The Balaban J connectivity index is 1.83. The normalized spacial score (nSPS) is 13.3. The molecule has 0 amide bonds. The molecule has 0 radical (unpaired) electrons. The Bertz CT molecular complexity index is 695. The van der Waals surface area contributed by atoms with Crippen LogP contribution in [0.1, 0.15) is 142 Å². The Labute approximate surface area is 233 Å². The smallest absolute Gasteiger partial charge is 0.369 e. The first kappa shape index (κ1) is 34.0. The van der Waals surface area contributed by atoms with Crippen molar-refractivity contribution in [1.82, 2.24) is 4.90 Å². The third kappa shape index (κ3) is 22.0. The summed E-state index contributed by atoms with van der Waals surface area (Å²) in [4.78, 5) is 24.8. The third-order valence-electron chi connectivity index (χ3n) is 7.29. The highest BCUT2D eigenvalue weighted by Gasteiger charge is 2.13. The van der Waals surface area contributed by atoms with E-state index in [9.17, 15) is 9.59 Å². The quantitative estimate of drug-likeness (QED) is 0.0582. The maximum atomic E-state index is 12.0. The summed E-state index contributed by atoms with van der Waals surface area (Å²) in [6.45, 7) is 4.39. The zero-order valence-electron chi connectivity index (χ0n) is 24.5. The second kappa shape index (κ2) is 25.3. The van der Waals surface area contributed by atoms with Crippen LogP contribution in [-0.4, -0.2) is 65.5 Å². The predicted molar refractivity (Wildman–Crippen MR) is 157 cm³/mol. The SMILES string of the molecule is CCCCCCCCCCCCCCCCCCCCCC(=O)OCCN1C#CCC=[N+](CC(=O)O)CC1. The molecule has 1 heterocycles. The van der Waals surface area contributed by atoms with E-state index in [1.54, 1.807) is 4.58 Å². The van der Waals surface area contributed by atoms with Gasteiger partial charge >= 0.3 is 11.9 Å². The third-order valence-corrected chi connectivity index (χ3v) is 7.29. The van der Waals surface area contributed by atoms with Gasteiger partial charge in [-0.1, -0.05) is 128 Å². The van der Waals surface area contributed by atoms with Crippen molar-refractivity contribution in [2.75, 3.05) is 32.8 Å². The van der Waals surface area contributed by atoms with Crippen LogP contribution in [0, 0.1) is 12.0 Å². The molecule has 0 spiro atoms. The molecule has 6 heteroatoms. The fraction of sp³-hybridized carbons (Fsp3) is 0.844. The summed E-state index contributed by atoms with van der Waals surface area (Å²) in [6, 6.07) is 3.06. The minimum absolute atomic E-state index is 0.00997. The summed E-state index contributed by atoms with van der Waals surface area (Å²) in [7, 11) is 0. The van der Waals surface area contributed by atoms with Crippen molar-refractivity contribution in [2.24, 2.45) is 0 Å². The van der Waals surface area contributed by atoms with Crippen LogP contribution in [0.25, 0.3) is 0 Å². The summed E-state index contributed by atoms with van der Waals surface area (Å²) in [6.07, 6.45) is 28.4. The molecule has 0 bridgehead atoms. The number of carboxylic acids is 1. The van der Waals surface area contributed by atoms with Crippen LogP contribution in [0.5, 0.6) is 0 Å². The molecule has 6 nitrogen and oxygen atoms in total. The summed E-state index contributed by atoms with van der Waals surface area (Å²) < 4.78 is 7.15. The lowest BCUT2D eigenvalue weighted by atomic mass is 10.0. The zero-order chi connectivity index (χ0) is 27.5.